The molecule has 0 amide bonds. The minimum absolute atomic E-state index is 0.199. The van der Waals surface area contributed by atoms with Crippen molar-refractivity contribution in [1.82, 2.24) is 5.32 Å². The topological polar surface area (TPSA) is 30.5 Å². The zero-order valence-electron chi connectivity index (χ0n) is 14.2. The van der Waals surface area contributed by atoms with Gasteiger partial charge in [0.15, 0.2) is 11.5 Å². The van der Waals surface area contributed by atoms with Crippen LogP contribution in [0.4, 0.5) is 4.39 Å². The van der Waals surface area contributed by atoms with E-state index in [2.05, 4.69) is 17.4 Å². The third-order valence-corrected chi connectivity index (χ3v) is 4.85. The molecule has 1 aliphatic heterocycles. The van der Waals surface area contributed by atoms with E-state index in [9.17, 15) is 4.39 Å². The van der Waals surface area contributed by atoms with Crippen molar-refractivity contribution in [3.63, 3.8) is 0 Å². The van der Waals surface area contributed by atoms with Gasteiger partial charge < -0.3 is 14.8 Å². The molecule has 1 N–H and O–H groups in total. The Hall–Kier alpha value is -2.07. The first-order valence-electron chi connectivity index (χ1n) is 8.41. The van der Waals surface area contributed by atoms with Gasteiger partial charge in [0.2, 0.25) is 0 Å². The van der Waals surface area contributed by atoms with Gasteiger partial charge in [0, 0.05) is 5.92 Å². The summed E-state index contributed by atoms with van der Waals surface area (Å²) >= 11 is 0. The van der Waals surface area contributed by atoms with Crippen LogP contribution in [0.3, 0.4) is 0 Å². The molecule has 1 atom stereocenters. The number of benzene rings is 2. The quantitative estimate of drug-likeness (QED) is 0.900. The Morgan fingerprint density at radius 1 is 0.917 bits per heavy atom. The molecule has 24 heavy (non-hydrogen) atoms. The van der Waals surface area contributed by atoms with Gasteiger partial charge in [-0.15, -0.1) is 0 Å². The summed E-state index contributed by atoms with van der Waals surface area (Å²) in [7, 11) is 3.29. The van der Waals surface area contributed by atoms with Crippen molar-refractivity contribution in [1.29, 1.82) is 0 Å². The number of hydrogen-bond donors (Lipinski definition) is 1. The smallest absolute Gasteiger partial charge is 0.161 e. The molecule has 1 unspecified atom stereocenters. The summed E-state index contributed by atoms with van der Waals surface area (Å²) in [4.78, 5) is 0. The van der Waals surface area contributed by atoms with E-state index in [1.807, 2.05) is 18.2 Å². The van der Waals surface area contributed by atoms with Crippen LogP contribution in [-0.4, -0.2) is 27.3 Å². The third-order valence-electron chi connectivity index (χ3n) is 4.85. The zero-order chi connectivity index (χ0) is 16.9. The summed E-state index contributed by atoms with van der Waals surface area (Å²) in [6.07, 6.45) is 2.22. The Labute approximate surface area is 142 Å². The molecule has 1 saturated heterocycles. The fourth-order valence-electron chi connectivity index (χ4n) is 3.63. The maximum Gasteiger partial charge on any atom is 0.161 e. The summed E-state index contributed by atoms with van der Waals surface area (Å²) in [6.45, 7) is 2.05. The van der Waals surface area contributed by atoms with E-state index >= 15 is 0 Å². The highest BCUT2D eigenvalue weighted by Gasteiger charge is 2.27. The number of ether oxygens (including phenoxy) is 2. The number of halogens is 1. The van der Waals surface area contributed by atoms with Gasteiger partial charge in [-0.1, -0.05) is 18.2 Å². The zero-order valence-corrected chi connectivity index (χ0v) is 14.2. The summed E-state index contributed by atoms with van der Waals surface area (Å²) in [6, 6.07) is 13.0. The standard InChI is InChI=1S/C20H24FNO2/c1-23-18-8-5-16(13-19(18)24-2)20(15-9-11-22-12-10-15)14-3-6-17(21)7-4-14/h3-8,13,15,20,22H,9-12H2,1-2H3. The second-order valence-corrected chi connectivity index (χ2v) is 6.23. The molecular formula is C20H24FNO2. The average Bonchev–Trinajstić information content (AvgIpc) is 2.64. The van der Waals surface area contributed by atoms with Crippen molar-refractivity contribution in [2.45, 2.75) is 18.8 Å². The molecule has 0 bridgehead atoms. The molecule has 1 aliphatic rings. The largest absolute Gasteiger partial charge is 0.493 e. The van der Waals surface area contributed by atoms with Crippen LogP contribution in [0.2, 0.25) is 0 Å². The van der Waals surface area contributed by atoms with Crippen LogP contribution >= 0.6 is 0 Å². The van der Waals surface area contributed by atoms with Crippen molar-refractivity contribution in [3.05, 3.63) is 59.4 Å². The molecule has 0 spiro atoms. The van der Waals surface area contributed by atoms with Gasteiger partial charge in [-0.2, -0.15) is 0 Å². The lowest BCUT2D eigenvalue weighted by Crippen LogP contribution is -2.31. The third kappa shape index (κ3) is 3.54. The van der Waals surface area contributed by atoms with Gasteiger partial charge in [0.1, 0.15) is 5.82 Å². The van der Waals surface area contributed by atoms with Gasteiger partial charge in [-0.05, 0) is 67.2 Å². The van der Waals surface area contributed by atoms with Crippen LogP contribution in [0.1, 0.15) is 29.9 Å². The van der Waals surface area contributed by atoms with Crippen molar-refractivity contribution in [3.8, 4) is 11.5 Å². The van der Waals surface area contributed by atoms with Crippen molar-refractivity contribution in [2.24, 2.45) is 5.92 Å². The number of hydrogen-bond acceptors (Lipinski definition) is 3. The molecule has 0 aromatic heterocycles. The average molecular weight is 329 g/mol. The van der Waals surface area contributed by atoms with Crippen LogP contribution < -0.4 is 14.8 Å². The van der Waals surface area contributed by atoms with E-state index in [1.165, 1.54) is 5.56 Å². The van der Waals surface area contributed by atoms with Crippen LogP contribution in [0.5, 0.6) is 11.5 Å². The lowest BCUT2D eigenvalue weighted by atomic mass is 9.76. The second kappa shape index (κ2) is 7.67. The number of nitrogens with one attached hydrogen (secondary N) is 1. The monoisotopic (exact) mass is 329 g/mol. The molecule has 3 nitrogen and oxygen atoms in total. The highest BCUT2D eigenvalue weighted by atomic mass is 19.1. The molecule has 3 rings (SSSR count). The summed E-state index contributed by atoms with van der Waals surface area (Å²) in [5, 5.41) is 3.42. The van der Waals surface area contributed by atoms with Crippen molar-refractivity contribution in [2.75, 3.05) is 27.3 Å². The molecule has 0 saturated carbocycles. The summed E-state index contributed by atoms with van der Waals surface area (Å²) in [5.41, 5.74) is 2.33. The molecule has 0 radical (unpaired) electrons. The van der Waals surface area contributed by atoms with Gasteiger partial charge in [0.25, 0.3) is 0 Å². The van der Waals surface area contributed by atoms with Gasteiger partial charge in [0.05, 0.1) is 14.2 Å². The van der Waals surface area contributed by atoms with E-state index in [0.717, 1.165) is 43.0 Å². The minimum Gasteiger partial charge on any atom is -0.493 e. The fraction of sp³-hybridized carbons (Fsp3) is 0.400. The van der Waals surface area contributed by atoms with Crippen LogP contribution in [0, 0.1) is 11.7 Å². The fourth-order valence-corrected chi connectivity index (χ4v) is 3.63. The van der Waals surface area contributed by atoms with Gasteiger partial charge >= 0.3 is 0 Å². The van der Waals surface area contributed by atoms with E-state index in [1.54, 1.807) is 26.4 Å². The Bertz CT molecular complexity index is 666. The Balaban J connectivity index is 2.01. The first-order valence-corrected chi connectivity index (χ1v) is 8.41. The summed E-state index contributed by atoms with van der Waals surface area (Å²) < 4.78 is 24.2. The molecule has 0 aliphatic carbocycles. The highest BCUT2D eigenvalue weighted by molar-refractivity contribution is 5.46. The molecule has 1 heterocycles. The van der Waals surface area contributed by atoms with E-state index in [-0.39, 0.29) is 11.7 Å². The normalized spacial score (nSPS) is 16.6. The maximum atomic E-state index is 13.4. The first kappa shape index (κ1) is 16.8. The Morgan fingerprint density at radius 3 is 2.17 bits per heavy atom. The summed E-state index contributed by atoms with van der Waals surface area (Å²) in [5.74, 6) is 2.01. The molecule has 1 fully saturated rings. The van der Waals surface area contributed by atoms with E-state index in [0.29, 0.717) is 5.92 Å². The predicted molar refractivity (Wildman–Crippen MR) is 93.4 cm³/mol. The van der Waals surface area contributed by atoms with Crippen LogP contribution in [0.25, 0.3) is 0 Å². The minimum atomic E-state index is -0.199. The first-order chi connectivity index (χ1) is 11.7. The molecule has 2 aromatic carbocycles. The lowest BCUT2D eigenvalue weighted by molar-refractivity contribution is 0.337. The molecular weight excluding hydrogens is 305 g/mol. The van der Waals surface area contributed by atoms with E-state index in [4.69, 9.17) is 9.47 Å². The second-order valence-electron chi connectivity index (χ2n) is 6.23. The van der Waals surface area contributed by atoms with Crippen LogP contribution in [-0.2, 0) is 0 Å². The van der Waals surface area contributed by atoms with Crippen molar-refractivity contribution >= 4 is 0 Å². The SMILES string of the molecule is COc1ccc(C(c2ccc(F)cc2)C2CCNCC2)cc1OC. The Morgan fingerprint density at radius 2 is 1.54 bits per heavy atom. The lowest BCUT2D eigenvalue weighted by Gasteiger charge is -2.32. The van der Waals surface area contributed by atoms with Crippen molar-refractivity contribution < 1.29 is 13.9 Å². The molecule has 4 heteroatoms. The number of rotatable bonds is 5. The van der Waals surface area contributed by atoms with Gasteiger partial charge in [-0.25, -0.2) is 4.39 Å². The van der Waals surface area contributed by atoms with E-state index < -0.39 is 0 Å². The number of methoxy groups -OCH3 is 2. The molecule has 128 valence electrons. The predicted octanol–water partition coefficient (Wildman–Crippen LogP) is 3.97. The van der Waals surface area contributed by atoms with Crippen LogP contribution in [0.15, 0.2) is 42.5 Å². The van der Waals surface area contributed by atoms with Gasteiger partial charge in [-0.3, -0.25) is 0 Å². The maximum absolute atomic E-state index is 13.4. The Kier molecular flexibility index (Phi) is 5.36. The molecule has 2 aromatic rings. The highest BCUT2D eigenvalue weighted by Crippen LogP contribution is 2.40. The number of piperidine rings is 1.